The zero-order chi connectivity index (χ0) is 22.8. The van der Waals surface area contributed by atoms with Crippen LogP contribution < -0.4 is 15.4 Å². The van der Waals surface area contributed by atoms with Crippen molar-refractivity contribution in [3.8, 4) is 5.75 Å². The number of anilines is 1. The maximum Gasteiger partial charge on any atom is 0.224 e. The van der Waals surface area contributed by atoms with Gasteiger partial charge in [0, 0.05) is 42.5 Å². The van der Waals surface area contributed by atoms with E-state index in [1.54, 1.807) is 12.4 Å². The molecule has 3 aliphatic rings. The second kappa shape index (κ2) is 9.49. The van der Waals surface area contributed by atoms with E-state index < -0.39 is 6.10 Å². The summed E-state index contributed by atoms with van der Waals surface area (Å²) in [4.78, 5) is 28.8. The summed E-state index contributed by atoms with van der Waals surface area (Å²) >= 11 is 0. The molecule has 33 heavy (non-hydrogen) atoms. The molecule has 0 radical (unpaired) electrons. The number of aromatic nitrogens is 1. The predicted molar refractivity (Wildman–Crippen MR) is 121 cm³/mol. The Morgan fingerprint density at radius 3 is 2.67 bits per heavy atom. The van der Waals surface area contributed by atoms with E-state index in [1.807, 2.05) is 30.3 Å². The number of carbonyl (C=O) groups excluding carboxylic acids is 2. The lowest BCUT2D eigenvalue weighted by Gasteiger charge is -2.37. The maximum atomic E-state index is 12.5. The molecule has 8 nitrogen and oxygen atoms in total. The first-order valence-electron chi connectivity index (χ1n) is 11.6. The van der Waals surface area contributed by atoms with Crippen LogP contribution in [0.15, 0.2) is 42.7 Å². The lowest BCUT2D eigenvalue weighted by molar-refractivity contribution is -0.142. The number of benzene rings is 1. The summed E-state index contributed by atoms with van der Waals surface area (Å²) in [6, 6.07) is 9.39. The average molecular weight is 452 g/mol. The van der Waals surface area contributed by atoms with E-state index in [2.05, 4.69) is 15.6 Å². The summed E-state index contributed by atoms with van der Waals surface area (Å²) in [6.45, 7) is 0.245. The van der Waals surface area contributed by atoms with Crippen molar-refractivity contribution >= 4 is 17.5 Å². The van der Waals surface area contributed by atoms with Crippen LogP contribution in [0.25, 0.3) is 0 Å². The quantitative estimate of drug-likeness (QED) is 0.569. The fourth-order valence-corrected chi connectivity index (χ4v) is 4.74. The van der Waals surface area contributed by atoms with Crippen LogP contribution in [0.5, 0.6) is 5.75 Å². The van der Waals surface area contributed by atoms with Gasteiger partial charge in [-0.15, -0.1) is 0 Å². The molecule has 1 aromatic heterocycles. The first-order valence-corrected chi connectivity index (χ1v) is 11.6. The molecular weight excluding hydrogens is 422 g/mol. The minimum Gasteiger partial charge on any atom is -0.487 e. The molecule has 3 heterocycles. The van der Waals surface area contributed by atoms with Crippen LogP contribution in [-0.4, -0.2) is 46.8 Å². The number of amides is 2. The summed E-state index contributed by atoms with van der Waals surface area (Å²) in [5.74, 6) is 1.20. The molecule has 1 saturated carbocycles. The predicted octanol–water partition coefficient (Wildman–Crippen LogP) is 2.52. The number of nitrogens with one attached hydrogen (secondary N) is 2. The molecule has 174 valence electrons. The summed E-state index contributed by atoms with van der Waals surface area (Å²) < 4.78 is 12.1. The average Bonchev–Trinajstić information content (AvgIpc) is 3.56. The number of nitrogens with zero attached hydrogens (tertiary/aromatic N) is 1. The summed E-state index contributed by atoms with van der Waals surface area (Å²) in [7, 11) is 0. The molecule has 5 rings (SSSR count). The van der Waals surface area contributed by atoms with Gasteiger partial charge in [0.05, 0.1) is 19.1 Å². The van der Waals surface area contributed by atoms with E-state index in [0.29, 0.717) is 25.3 Å². The Kier molecular flexibility index (Phi) is 6.28. The van der Waals surface area contributed by atoms with E-state index in [0.717, 1.165) is 35.4 Å². The third-order valence-corrected chi connectivity index (χ3v) is 6.61. The van der Waals surface area contributed by atoms with Crippen molar-refractivity contribution in [3.63, 3.8) is 0 Å². The molecule has 8 heteroatoms. The molecule has 0 spiro atoms. The Morgan fingerprint density at radius 1 is 1.09 bits per heavy atom. The molecule has 2 aromatic rings. The van der Waals surface area contributed by atoms with Gasteiger partial charge < -0.3 is 25.2 Å². The van der Waals surface area contributed by atoms with Gasteiger partial charge in [-0.05, 0) is 61.1 Å². The van der Waals surface area contributed by atoms with Crippen LogP contribution >= 0.6 is 0 Å². The number of rotatable bonds is 8. The molecule has 3 N–H and O–H groups in total. The Bertz CT molecular complexity index is 1010. The molecule has 0 unspecified atom stereocenters. The second-order valence-corrected chi connectivity index (χ2v) is 9.19. The van der Waals surface area contributed by atoms with Crippen molar-refractivity contribution < 1.29 is 24.2 Å². The molecule has 2 aliphatic heterocycles. The van der Waals surface area contributed by atoms with E-state index in [1.165, 1.54) is 0 Å². The third-order valence-electron chi connectivity index (χ3n) is 6.61. The number of fused-ring (bicyclic) bond motifs is 3. The van der Waals surface area contributed by atoms with Crippen molar-refractivity contribution in [1.29, 1.82) is 0 Å². The Labute approximate surface area is 192 Å². The number of pyridine rings is 1. The van der Waals surface area contributed by atoms with E-state index in [-0.39, 0.29) is 43.0 Å². The number of carbonyl (C=O) groups is 2. The van der Waals surface area contributed by atoms with E-state index in [4.69, 9.17) is 9.47 Å². The van der Waals surface area contributed by atoms with Gasteiger partial charge in [0.25, 0.3) is 0 Å². The molecule has 2 amide bonds. The highest BCUT2D eigenvalue weighted by Crippen LogP contribution is 2.47. The van der Waals surface area contributed by atoms with Gasteiger partial charge in [0.1, 0.15) is 18.0 Å². The molecule has 4 atom stereocenters. The van der Waals surface area contributed by atoms with Gasteiger partial charge in [0.2, 0.25) is 11.8 Å². The van der Waals surface area contributed by atoms with Crippen molar-refractivity contribution in [1.82, 2.24) is 10.3 Å². The Morgan fingerprint density at radius 2 is 1.91 bits per heavy atom. The molecule has 1 aliphatic carbocycles. The van der Waals surface area contributed by atoms with Crippen LogP contribution in [0, 0.1) is 5.92 Å². The van der Waals surface area contributed by atoms with Gasteiger partial charge in [-0.1, -0.05) is 0 Å². The maximum absolute atomic E-state index is 12.5. The first kappa shape index (κ1) is 21.9. The summed E-state index contributed by atoms with van der Waals surface area (Å²) in [5, 5.41) is 15.8. The highest BCUT2D eigenvalue weighted by Gasteiger charge is 2.46. The largest absolute Gasteiger partial charge is 0.487 e. The molecule has 1 saturated heterocycles. The van der Waals surface area contributed by atoms with Gasteiger partial charge in [-0.25, -0.2) is 0 Å². The number of hydrogen-bond donors (Lipinski definition) is 3. The van der Waals surface area contributed by atoms with Crippen molar-refractivity contribution in [2.75, 3.05) is 11.9 Å². The normalized spacial score (nSPS) is 25.5. The lowest BCUT2D eigenvalue weighted by atomic mass is 9.84. The number of aliphatic hydroxyl groups excluding tert-OH is 1. The summed E-state index contributed by atoms with van der Waals surface area (Å²) in [5.41, 5.74) is 2.72. The fraction of sp³-hybridized carbons (Fsp3) is 0.480. The van der Waals surface area contributed by atoms with E-state index in [9.17, 15) is 14.7 Å². The topological polar surface area (TPSA) is 110 Å². The standard InChI is InChI=1S/C25H29N3O5/c29-14-22-25-20(11-18(32-22)12-23(30)27-13-16-5-7-26-8-6-16)19-10-17(3-4-21(19)33-25)28-24(31)9-15-1-2-15/h3-8,10,15,18,20,22,25,29H,1-2,9,11-14H2,(H,27,30)(H,28,31)/t18-,20+,22-,25-/m0/s1. The Balaban J connectivity index is 1.24. The number of hydrogen-bond acceptors (Lipinski definition) is 6. The summed E-state index contributed by atoms with van der Waals surface area (Å²) in [6.07, 6.45) is 5.88. The highest BCUT2D eigenvalue weighted by atomic mass is 16.6. The third kappa shape index (κ3) is 5.17. The van der Waals surface area contributed by atoms with Gasteiger partial charge in [0.15, 0.2) is 0 Å². The molecule has 0 bridgehead atoms. The van der Waals surface area contributed by atoms with Crippen LogP contribution in [0.2, 0.25) is 0 Å². The second-order valence-electron chi connectivity index (χ2n) is 9.19. The van der Waals surface area contributed by atoms with Crippen LogP contribution in [-0.2, 0) is 20.9 Å². The molecular formula is C25H29N3O5. The van der Waals surface area contributed by atoms with Gasteiger partial charge >= 0.3 is 0 Å². The van der Waals surface area contributed by atoms with Crippen molar-refractivity contribution in [2.24, 2.45) is 5.92 Å². The Hall–Kier alpha value is -2.97. The molecule has 1 aromatic carbocycles. The zero-order valence-electron chi connectivity index (χ0n) is 18.4. The minimum absolute atomic E-state index is 0.0100. The number of aliphatic hydroxyl groups is 1. The highest BCUT2D eigenvalue weighted by molar-refractivity contribution is 5.91. The SMILES string of the molecule is O=C(C[C@@H]1C[C@@H]2c3cc(NC(=O)CC4CC4)ccc3O[C@@H]2[C@H](CO)O1)NCc1ccncc1. The van der Waals surface area contributed by atoms with E-state index >= 15 is 0 Å². The van der Waals surface area contributed by atoms with Gasteiger partial charge in [-0.2, -0.15) is 0 Å². The van der Waals surface area contributed by atoms with Crippen LogP contribution in [0.1, 0.15) is 49.1 Å². The molecule has 2 fully saturated rings. The smallest absolute Gasteiger partial charge is 0.224 e. The van der Waals surface area contributed by atoms with Crippen molar-refractivity contribution in [3.05, 3.63) is 53.9 Å². The minimum atomic E-state index is -0.512. The fourth-order valence-electron chi connectivity index (χ4n) is 4.74. The van der Waals surface area contributed by atoms with Crippen LogP contribution in [0.3, 0.4) is 0 Å². The van der Waals surface area contributed by atoms with Crippen molar-refractivity contribution in [2.45, 2.75) is 62.9 Å². The first-order chi connectivity index (χ1) is 16.1. The zero-order valence-corrected chi connectivity index (χ0v) is 18.4. The van der Waals surface area contributed by atoms with Gasteiger partial charge in [-0.3, -0.25) is 14.6 Å². The number of ether oxygens (including phenoxy) is 2. The van der Waals surface area contributed by atoms with Crippen LogP contribution in [0.4, 0.5) is 5.69 Å². The lowest BCUT2D eigenvalue weighted by Crippen LogP contribution is -2.47. The monoisotopic (exact) mass is 451 g/mol.